The Bertz CT molecular complexity index is 1170. The third-order valence-corrected chi connectivity index (χ3v) is 6.95. The average molecular weight is 418 g/mol. The number of piperidine rings is 1. The molecule has 1 saturated heterocycles. The van der Waals surface area contributed by atoms with E-state index in [0.29, 0.717) is 13.1 Å². The van der Waals surface area contributed by atoms with Gasteiger partial charge in [0.15, 0.2) is 0 Å². The van der Waals surface area contributed by atoms with Crippen molar-refractivity contribution in [1.29, 1.82) is 0 Å². The minimum absolute atomic E-state index is 0.00632. The molecule has 1 fully saturated rings. The van der Waals surface area contributed by atoms with Crippen LogP contribution >= 0.6 is 11.3 Å². The smallest absolute Gasteiger partial charge is 0.254 e. The Hall–Kier alpha value is -2.99. The molecule has 1 aromatic carbocycles. The Balaban J connectivity index is 1.62. The minimum atomic E-state index is -0.321. The summed E-state index contributed by atoms with van der Waals surface area (Å²) in [5.41, 5.74) is 10.3. The molecule has 0 bridgehead atoms. The van der Waals surface area contributed by atoms with Crippen LogP contribution in [0.4, 0.5) is 0 Å². The number of para-hydroxylation sites is 1. The van der Waals surface area contributed by atoms with E-state index in [1.54, 1.807) is 11.3 Å². The van der Waals surface area contributed by atoms with E-state index in [-0.39, 0.29) is 17.7 Å². The van der Waals surface area contributed by atoms with Gasteiger partial charge in [-0.2, -0.15) is 0 Å². The number of rotatable bonds is 3. The predicted octanol–water partition coefficient (Wildman–Crippen LogP) is 4.12. The summed E-state index contributed by atoms with van der Waals surface area (Å²) < 4.78 is 0. The molecule has 0 spiro atoms. The number of thiophene rings is 1. The minimum Gasteiger partial charge on any atom is -0.369 e. The Morgan fingerprint density at radius 3 is 2.83 bits per heavy atom. The maximum Gasteiger partial charge on any atom is 0.254 e. The summed E-state index contributed by atoms with van der Waals surface area (Å²) >= 11 is 1.70. The van der Waals surface area contributed by atoms with E-state index in [9.17, 15) is 9.59 Å². The Kier molecular flexibility index (Phi) is 4.87. The Morgan fingerprint density at radius 1 is 1.17 bits per heavy atom. The molecule has 0 saturated carbocycles. The highest BCUT2D eigenvalue weighted by atomic mass is 32.1. The third kappa shape index (κ3) is 3.31. The summed E-state index contributed by atoms with van der Waals surface area (Å²) in [7, 11) is 0. The monoisotopic (exact) mass is 417 g/mol. The number of primary amides is 1. The summed E-state index contributed by atoms with van der Waals surface area (Å²) in [4.78, 5) is 33.4. The van der Waals surface area contributed by atoms with Crippen LogP contribution in [0.5, 0.6) is 0 Å². The highest BCUT2D eigenvalue weighted by Crippen LogP contribution is 2.38. The number of nitrogens with zero attached hydrogens (tertiary/aromatic N) is 2. The highest BCUT2D eigenvalue weighted by Gasteiger charge is 2.32. The van der Waals surface area contributed by atoms with Gasteiger partial charge in [0.1, 0.15) is 0 Å². The Morgan fingerprint density at radius 2 is 2.03 bits per heavy atom. The first-order valence-corrected chi connectivity index (χ1v) is 11.2. The van der Waals surface area contributed by atoms with Crippen LogP contribution < -0.4 is 5.73 Å². The van der Waals surface area contributed by atoms with Crippen LogP contribution in [0.1, 0.15) is 45.8 Å². The molecule has 30 heavy (non-hydrogen) atoms. The predicted molar refractivity (Wildman–Crippen MR) is 120 cm³/mol. The summed E-state index contributed by atoms with van der Waals surface area (Å²) in [5, 5.41) is 2.95. The van der Waals surface area contributed by atoms with Crippen molar-refractivity contribution in [1.82, 2.24) is 9.88 Å². The third-order valence-electron chi connectivity index (χ3n) is 6.13. The van der Waals surface area contributed by atoms with Gasteiger partial charge in [-0.3, -0.25) is 9.59 Å². The van der Waals surface area contributed by atoms with Crippen molar-refractivity contribution in [2.75, 3.05) is 13.1 Å². The average Bonchev–Trinajstić information content (AvgIpc) is 3.42. The second kappa shape index (κ2) is 7.69. The molecule has 152 valence electrons. The molecule has 5 rings (SSSR count). The molecule has 0 radical (unpaired) electrons. The van der Waals surface area contributed by atoms with Crippen molar-refractivity contribution in [2.45, 2.75) is 25.7 Å². The zero-order valence-electron chi connectivity index (χ0n) is 16.6. The lowest BCUT2D eigenvalue weighted by molar-refractivity contribution is -0.123. The molecule has 2 amide bonds. The van der Waals surface area contributed by atoms with E-state index < -0.39 is 0 Å². The van der Waals surface area contributed by atoms with E-state index in [4.69, 9.17) is 10.7 Å². The van der Waals surface area contributed by atoms with Gasteiger partial charge >= 0.3 is 0 Å². The molecule has 1 unspecified atom stereocenters. The largest absolute Gasteiger partial charge is 0.369 e. The quantitative estimate of drug-likeness (QED) is 0.696. The van der Waals surface area contributed by atoms with Crippen molar-refractivity contribution in [3.63, 3.8) is 0 Å². The molecule has 3 heterocycles. The molecule has 5 nitrogen and oxygen atoms in total. The standard InChI is InChI=1S/C24H23N3O2S/c25-23(28)16-5-3-11-27(14-16)24(29)21-18-7-1-2-8-20(18)26-22-15(9-10-19(21)22)13-17-6-4-12-30-17/h1-2,4,6-8,12-13,16H,3,5,9-11,14H2,(H2,25,28)/b15-13-. The number of aromatic nitrogens is 1. The van der Waals surface area contributed by atoms with Crippen molar-refractivity contribution < 1.29 is 9.59 Å². The topological polar surface area (TPSA) is 76.3 Å². The van der Waals surface area contributed by atoms with E-state index in [1.165, 1.54) is 10.5 Å². The van der Waals surface area contributed by atoms with Gasteiger partial charge in [0, 0.05) is 23.4 Å². The second-order valence-corrected chi connectivity index (χ2v) is 8.99. The molecule has 1 aliphatic heterocycles. The van der Waals surface area contributed by atoms with Gasteiger partial charge in [0.05, 0.1) is 22.7 Å². The van der Waals surface area contributed by atoms with Crippen LogP contribution in [0.15, 0.2) is 41.8 Å². The molecule has 2 aromatic heterocycles. The molecule has 6 heteroatoms. The van der Waals surface area contributed by atoms with Gasteiger partial charge in [0.25, 0.3) is 5.91 Å². The van der Waals surface area contributed by atoms with Crippen LogP contribution in [-0.4, -0.2) is 34.8 Å². The number of benzene rings is 1. The maximum absolute atomic E-state index is 13.7. The van der Waals surface area contributed by atoms with Crippen LogP contribution in [0.3, 0.4) is 0 Å². The second-order valence-electron chi connectivity index (χ2n) is 8.01. The molecule has 3 aromatic rings. The van der Waals surface area contributed by atoms with Gasteiger partial charge in [-0.05, 0) is 60.4 Å². The SMILES string of the molecule is NC(=O)C1CCCN(C(=O)c2c3c(nc4ccccc24)/C(=C\c2cccs2)CC3)C1. The number of hydrogen-bond donors (Lipinski definition) is 1. The summed E-state index contributed by atoms with van der Waals surface area (Å²) in [6, 6.07) is 12.0. The van der Waals surface area contributed by atoms with Gasteiger partial charge < -0.3 is 10.6 Å². The normalized spacial score (nSPS) is 19.9. The molecular weight excluding hydrogens is 394 g/mol. The van der Waals surface area contributed by atoms with Gasteiger partial charge in [-0.15, -0.1) is 11.3 Å². The number of nitrogens with two attached hydrogens (primary N) is 1. The fourth-order valence-electron chi connectivity index (χ4n) is 4.62. The number of carbonyl (C=O) groups excluding carboxylic acids is 2. The van der Waals surface area contributed by atoms with Crippen LogP contribution in [0, 0.1) is 5.92 Å². The number of amides is 2. The maximum atomic E-state index is 13.7. The zero-order valence-corrected chi connectivity index (χ0v) is 17.5. The lowest BCUT2D eigenvalue weighted by Crippen LogP contribution is -2.44. The molecule has 1 aliphatic carbocycles. The first kappa shape index (κ1) is 19.0. The Labute approximate surface area is 179 Å². The van der Waals surface area contributed by atoms with E-state index >= 15 is 0 Å². The molecule has 1 atom stereocenters. The number of fused-ring (bicyclic) bond motifs is 2. The van der Waals surface area contributed by atoms with E-state index in [0.717, 1.165) is 53.4 Å². The van der Waals surface area contributed by atoms with Gasteiger partial charge in [-0.1, -0.05) is 24.3 Å². The fraction of sp³-hybridized carbons (Fsp3) is 0.292. The highest BCUT2D eigenvalue weighted by molar-refractivity contribution is 7.10. The first-order chi connectivity index (χ1) is 14.6. The summed E-state index contributed by atoms with van der Waals surface area (Å²) in [5.74, 6) is -0.593. The number of pyridine rings is 1. The lowest BCUT2D eigenvalue weighted by atomic mass is 9.94. The number of carbonyl (C=O) groups is 2. The van der Waals surface area contributed by atoms with Crippen molar-refractivity contribution in [3.8, 4) is 0 Å². The summed E-state index contributed by atoms with van der Waals surface area (Å²) in [6.45, 7) is 1.06. The molecule has 2 aliphatic rings. The van der Waals surface area contributed by atoms with Crippen molar-refractivity contribution in [3.05, 3.63) is 63.5 Å². The van der Waals surface area contributed by atoms with Crippen LogP contribution in [0.2, 0.25) is 0 Å². The first-order valence-electron chi connectivity index (χ1n) is 10.4. The molecular formula is C24H23N3O2S. The lowest BCUT2D eigenvalue weighted by Gasteiger charge is -2.32. The van der Waals surface area contributed by atoms with Crippen molar-refractivity contribution in [2.24, 2.45) is 11.7 Å². The van der Waals surface area contributed by atoms with Crippen molar-refractivity contribution >= 4 is 45.7 Å². The zero-order chi connectivity index (χ0) is 20.7. The van der Waals surface area contributed by atoms with Gasteiger partial charge in [-0.25, -0.2) is 4.98 Å². The number of hydrogen-bond acceptors (Lipinski definition) is 4. The van der Waals surface area contributed by atoms with Gasteiger partial charge in [0.2, 0.25) is 5.91 Å². The summed E-state index contributed by atoms with van der Waals surface area (Å²) in [6.07, 6.45) is 5.42. The molecule has 2 N–H and O–H groups in total. The fourth-order valence-corrected chi connectivity index (χ4v) is 5.30. The number of allylic oxidation sites excluding steroid dienone is 1. The van der Waals surface area contributed by atoms with Crippen LogP contribution in [-0.2, 0) is 11.2 Å². The van der Waals surface area contributed by atoms with E-state index in [1.807, 2.05) is 35.2 Å². The van der Waals surface area contributed by atoms with E-state index in [2.05, 4.69) is 17.5 Å². The van der Waals surface area contributed by atoms with Crippen LogP contribution in [0.25, 0.3) is 22.6 Å². The number of likely N-dealkylation sites (tertiary alicyclic amines) is 1.